The van der Waals surface area contributed by atoms with Crippen LogP contribution in [0.2, 0.25) is 0 Å². The van der Waals surface area contributed by atoms with Crippen LogP contribution in [0.25, 0.3) is 21.6 Å². The summed E-state index contributed by atoms with van der Waals surface area (Å²) in [5.41, 5.74) is 7.32. The maximum absolute atomic E-state index is 12.6. The molecule has 0 atom stereocenters. The molecule has 5 heterocycles. The number of amides is 1. The number of piperidine rings is 1. The highest BCUT2D eigenvalue weighted by atomic mass is 32.1. The van der Waals surface area contributed by atoms with Crippen molar-refractivity contribution in [2.24, 2.45) is 5.92 Å². The van der Waals surface area contributed by atoms with Gasteiger partial charge in [-0.3, -0.25) is 9.69 Å². The second-order valence-electron chi connectivity index (χ2n) is 10.0. The van der Waals surface area contributed by atoms with Crippen LogP contribution in [0, 0.1) is 5.92 Å². The molecule has 5 rings (SSSR count). The van der Waals surface area contributed by atoms with Gasteiger partial charge in [-0.15, -0.1) is 11.3 Å². The van der Waals surface area contributed by atoms with Crippen LogP contribution in [-0.2, 0) is 25.5 Å². The molecule has 3 aromatic rings. The van der Waals surface area contributed by atoms with Crippen molar-refractivity contribution in [1.29, 1.82) is 0 Å². The lowest BCUT2D eigenvalue weighted by Gasteiger charge is -2.30. The van der Waals surface area contributed by atoms with E-state index in [0.29, 0.717) is 52.0 Å². The van der Waals surface area contributed by atoms with Gasteiger partial charge in [-0.1, -0.05) is 0 Å². The number of hydrogen-bond acceptors (Lipinski definition) is 13. The number of carbonyl (C=O) groups excluding carboxylic acids is 1. The number of nitrogens with two attached hydrogens (primary N) is 1. The quantitative estimate of drug-likeness (QED) is 0.243. The van der Waals surface area contributed by atoms with E-state index < -0.39 is 0 Å². The first-order valence-electron chi connectivity index (χ1n) is 14.1. The number of fused-ring (bicyclic) bond motifs is 1. The Morgan fingerprint density at radius 2 is 1.80 bits per heavy atom. The number of hydrogen-bond donors (Lipinski definition) is 3. The molecule has 2 aliphatic heterocycles. The lowest BCUT2D eigenvalue weighted by atomic mass is 9.96. The number of nitrogens with one attached hydrogen (secondary N) is 1. The standard InChI is InChI=1S/C27H38N8O5S/c28-27-30-16-20(17-31-27)24-32-22-15-21(41-23(22)25(33-24)35-6-10-39-11-7-35)18-34-4-1-19(2-5-34)26(37)29-3-9-38-13-14-40-12-8-36/h15-17,19,36H,1-14,18H2,(H,29,37)(H2,28,30,31). The van der Waals surface area contributed by atoms with Gasteiger partial charge in [0.15, 0.2) is 11.6 Å². The first-order valence-corrected chi connectivity index (χ1v) is 14.9. The van der Waals surface area contributed by atoms with Crippen LogP contribution in [0.5, 0.6) is 0 Å². The number of likely N-dealkylation sites (tertiary alicyclic amines) is 1. The molecule has 0 unspecified atom stereocenters. The van der Waals surface area contributed by atoms with E-state index in [1.165, 1.54) is 4.88 Å². The van der Waals surface area contributed by atoms with E-state index in [1.54, 1.807) is 23.7 Å². The molecule has 0 radical (unpaired) electrons. The molecule has 222 valence electrons. The normalized spacial score (nSPS) is 16.9. The molecule has 2 aliphatic rings. The third-order valence-electron chi connectivity index (χ3n) is 7.14. The summed E-state index contributed by atoms with van der Waals surface area (Å²) in [5, 5.41) is 11.7. The van der Waals surface area contributed by atoms with Gasteiger partial charge in [-0.25, -0.2) is 19.9 Å². The summed E-state index contributed by atoms with van der Waals surface area (Å²) in [6.45, 7) is 7.55. The van der Waals surface area contributed by atoms with Crippen molar-refractivity contribution < 1.29 is 24.1 Å². The Labute approximate surface area is 243 Å². The second kappa shape index (κ2) is 14.8. The first-order chi connectivity index (χ1) is 20.1. The molecule has 3 aromatic heterocycles. The number of nitrogens with zero attached hydrogens (tertiary/aromatic N) is 6. The van der Waals surface area contributed by atoms with Crippen molar-refractivity contribution in [1.82, 2.24) is 30.2 Å². The molecule has 2 saturated heterocycles. The summed E-state index contributed by atoms with van der Waals surface area (Å²) >= 11 is 1.73. The summed E-state index contributed by atoms with van der Waals surface area (Å²) in [7, 11) is 0. The van der Waals surface area contributed by atoms with E-state index in [0.717, 1.165) is 67.2 Å². The van der Waals surface area contributed by atoms with E-state index >= 15 is 0 Å². The fourth-order valence-corrected chi connectivity index (χ4v) is 6.12. The third-order valence-corrected chi connectivity index (χ3v) is 8.24. The van der Waals surface area contributed by atoms with E-state index in [4.69, 9.17) is 35.0 Å². The molecule has 0 aliphatic carbocycles. The van der Waals surface area contributed by atoms with E-state index in [1.807, 2.05) is 0 Å². The number of ether oxygens (including phenoxy) is 3. The third kappa shape index (κ3) is 8.05. The summed E-state index contributed by atoms with van der Waals surface area (Å²) in [4.78, 5) is 36.5. The minimum absolute atomic E-state index is 0.00580. The fourth-order valence-electron chi connectivity index (χ4n) is 4.97. The Hall–Kier alpha value is -3.01. The lowest BCUT2D eigenvalue weighted by molar-refractivity contribution is -0.126. The Bertz CT molecular complexity index is 1260. The minimum Gasteiger partial charge on any atom is -0.394 e. The van der Waals surface area contributed by atoms with E-state index in [2.05, 4.69) is 31.2 Å². The average Bonchev–Trinajstić information content (AvgIpc) is 3.41. The number of thiophene rings is 1. The zero-order chi connectivity index (χ0) is 28.4. The van der Waals surface area contributed by atoms with Crippen LogP contribution >= 0.6 is 11.3 Å². The molecule has 0 spiro atoms. The zero-order valence-corrected chi connectivity index (χ0v) is 24.0. The van der Waals surface area contributed by atoms with E-state index in [-0.39, 0.29) is 24.4 Å². The number of anilines is 2. The summed E-state index contributed by atoms with van der Waals surface area (Å²) in [5.74, 6) is 1.82. The summed E-state index contributed by atoms with van der Waals surface area (Å²) in [6.07, 6.45) is 4.96. The van der Waals surface area contributed by atoms with Gasteiger partial charge in [0.2, 0.25) is 11.9 Å². The fraction of sp³-hybridized carbons (Fsp3) is 0.593. The Morgan fingerprint density at radius 1 is 1.07 bits per heavy atom. The number of rotatable bonds is 13. The SMILES string of the molecule is Nc1ncc(-c2nc(N3CCOCC3)c3sc(CN4CCC(C(=O)NCCOCCOCCO)CC4)cc3n2)cn1. The van der Waals surface area contributed by atoms with Crippen molar-refractivity contribution >= 4 is 39.2 Å². The van der Waals surface area contributed by atoms with Gasteiger partial charge in [0.1, 0.15) is 0 Å². The highest BCUT2D eigenvalue weighted by Gasteiger charge is 2.26. The molecule has 2 fully saturated rings. The summed E-state index contributed by atoms with van der Waals surface area (Å²) in [6, 6.07) is 2.15. The molecule has 0 saturated carbocycles. The number of aliphatic hydroxyl groups excluding tert-OH is 1. The van der Waals surface area contributed by atoms with Gasteiger partial charge in [-0.05, 0) is 32.0 Å². The van der Waals surface area contributed by atoms with Crippen molar-refractivity contribution in [3.05, 3.63) is 23.3 Å². The second-order valence-corrected chi connectivity index (χ2v) is 11.2. The number of carbonyl (C=O) groups is 1. The molecule has 13 nitrogen and oxygen atoms in total. The van der Waals surface area contributed by atoms with Gasteiger partial charge < -0.3 is 35.3 Å². The molecule has 1 amide bonds. The smallest absolute Gasteiger partial charge is 0.223 e. The molecule has 4 N–H and O–H groups in total. The van der Waals surface area contributed by atoms with Gasteiger partial charge >= 0.3 is 0 Å². The van der Waals surface area contributed by atoms with Crippen molar-refractivity contribution in [3.8, 4) is 11.4 Å². The Kier molecular flexibility index (Phi) is 10.6. The first kappa shape index (κ1) is 29.5. The number of aromatic nitrogens is 4. The van der Waals surface area contributed by atoms with Crippen molar-refractivity contribution in [2.75, 3.05) is 89.6 Å². The number of morpholine rings is 1. The van der Waals surface area contributed by atoms with Crippen molar-refractivity contribution in [3.63, 3.8) is 0 Å². The van der Waals surface area contributed by atoms with E-state index in [9.17, 15) is 4.79 Å². The van der Waals surface area contributed by atoms with Crippen LogP contribution in [0.4, 0.5) is 11.8 Å². The zero-order valence-electron chi connectivity index (χ0n) is 23.2. The highest BCUT2D eigenvalue weighted by molar-refractivity contribution is 7.19. The maximum atomic E-state index is 12.6. The minimum atomic E-state index is 0.00580. The lowest BCUT2D eigenvalue weighted by Crippen LogP contribution is -2.41. The molecule has 41 heavy (non-hydrogen) atoms. The molecular formula is C27H38N8O5S. The van der Waals surface area contributed by atoms with Crippen LogP contribution < -0.4 is 16.0 Å². The Balaban J connectivity index is 1.17. The van der Waals surface area contributed by atoms with Crippen LogP contribution in [0.1, 0.15) is 17.7 Å². The number of nitrogen functional groups attached to an aromatic ring is 1. The monoisotopic (exact) mass is 586 g/mol. The molecular weight excluding hydrogens is 548 g/mol. The number of aliphatic hydroxyl groups is 1. The molecule has 14 heteroatoms. The van der Waals surface area contributed by atoms with Crippen LogP contribution in [0.15, 0.2) is 18.5 Å². The molecule has 0 bridgehead atoms. The Morgan fingerprint density at radius 3 is 2.54 bits per heavy atom. The van der Waals surface area contributed by atoms with Gasteiger partial charge in [0.05, 0.1) is 62.0 Å². The average molecular weight is 587 g/mol. The predicted molar refractivity (Wildman–Crippen MR) is 156 cm³/mol. The van der Waals surface area contributed by atoms with Crippen LogP contribution in [-0.4, -0.2) is 115 Å². The van der Waals surface area contributed by atoms with Gasteiger partial charge in [-0.2, -0.15) is 0 Å². The maximum Gasteiger partial charge on any atom is 0.223 e. The van der Waals surface area contributed by atoms with Crippen LogP contribution in [0.3, 0.4) is 0 Å². The predicted octanol–water partition coefficient (Wildman–Crippen LogP) is 0.921. The molecule has 0 aromatic carbocycles. The largest absolute Gasteiger partial charge is 0.394 e. The van der Waals surface area contributed by atoms with Crippen molar-refractivity contribution in [2.45, 2.75) is 19.4 Å². The topological polar surface area (TPSA) is 161 Å². The van der Waals surface area contributed by atoms with Gasteiger partial charge in [0, 0.05) is 49.4 Å². The highest BCUT2D eigenvalue weighted by Crippen LogP contribution is 2.35. The summed E-state index contributed by atoms with van der Waals surface area (Å²) < 4.78 is 17.2. The van der Waals surface area contributed by atoms with Gasteiger partial charge in [0.25, 0.3) is 0 Å².